The summed E-state index contributed by atoms with van der Waals surface area (Å²) in [6, 6.07) is 8.12. The van der Waals surface area contributed by atoms with Crippen molar-refractivity contribution in [3.63, 3.8) is 0 Å². The van der Waals surface area contributed by atoms with Crippen LogP contribution in [-0.4, -0.2) is 33.2 Å². The number of carbonyl (C=O) groups is 1. The predicted molar refractivity (Wildman–Crippen MR) is 73.6 cm³/mol. The molecule has 1 fully saturated rings. The minimum atomic E-state index is -0.983. The third-order valence-electron chi connectivity index (χ3n) is 3.97. The van der Waals surface area contributed by atoms with Crippen LogP contribution in [0.1, 0.15) is 25.3 Å². The molecular formula is C15H18N2O2. The fourth-order valence-electron chi connectivity index (χ4n) is 2.82. The van der Waals surface area contributed by atoms with Crippen LogP contribution in [0.3, 0.4) is 0 Å². The van der Waals surface area contributed by atoms with Gasteiger partial charge in [0.2, 0.25) is 5.91 Å². The first-order chi connectivity index (χ1) is 9.08. The lowest BCUT2D eigenvalue weighted by molar-refractivity contribution is -0.142. The Bertz CT molecular complexity index is 615. The van der Waals surface area contributed by atoms with Gasteiger partial charge in [-0.1, -0.05) is 18.2 Å². The largest absolute Gasteiger partial charge is 0.371 e. The molecule has 100 valence electrons. The van der Waals surface area contributed by atoms with Crippen molar-refractivity contribution in [1.29, 1.82) is 0 Å². The van der Waals surface area contributed by atoms with E-state index >= 15 is 0 Å². The number of aliphatic hydroxyl groups is 1. The van der Waals surface area contributed by atoms with Crippen molar-refractivity contribution in [3.8, 4) is 0 Å². The average molecular weight is 258 g/mol. The second-order valence-electron chi connectivity index (χ2n) is 5.37. The van der Waals surface area contributed by atoms with E-state index in [0.29, 0.717) is 19.4 Å². The monoisotopic (exact) mass is 258 g/mol. The zero-order valence-corrected chi connectivity index (χ0v) is 11.0. The number of aromatic amines is 1. The van der Waals surface area contributed by atoms with E-state index in [2.05, 4.69) is 11.1 Å². The van der Waals surface area contributed by atoms with Crippen LogP contribution in [0.5, 0.6) is 0 Å². The summed E-state index contributed by atoms with van der Waals surface area (Å²) in [6.45, 7) is 2.28. The van der Waals surface area contributed by atoms with E-state index in [9.17, 15) is 9.90 Å². The Labute approximate surface area is 112 Å². The van der Waals surface area contributed by atoms with Gasteiger partial charge < -0.3 is 15.0 Å². The van der Waals surface area contributed by atoms with Crippen molar-refractivity contribution in [1.82, 2.24) is 9.88 Å². The molecule has 0 saturated carbocycles. The van der Waals surface area contributed by atoms with Crippen LogP contribution in [0.25, 0.3) is 10.9 Å². The van der Waals surface area contributed by atoms with Gasteiger partial charge in [0.15, 0.2) is 0 Å². The molecule has 1 saturated heterocycles. The second-order valence-corrected chi connectivity index (χ2v) is 5.37. The van der Waals surface area contributed by atoms with Gasteiger partial charge in [0.05, 0.1) is 0 Å². The third-order valence-corrected chi connectivity index (χ3v) is 3.97. The molecule has 0 radical (unpaired) electrons. The fourth-order valence-corrected chi connectivity index (χ4v) is 2.82. The minimum Gasteiger partial charge on any atom is -0.371 e. The molecule has 2 heterocycles. The molecule has 3 rings (SSSR count). The summed E-state index contributed by atoms with van der Waals surface area (Å²) in [5.41, 5.74) is 1.31. The zero-order valence-electron chi connectivity index (χ0n) is 11.0. The molecule has 0 spiro atoms. The Balaban J connectivity index is 1.78. The minimum absolute atomic E-state index is 0.0461. The first kappa shape index (κ1) is 12.2. The number of hydrogen-bond donors (Lipinski definition) is 2. The maximum absolute atomic E-state index is 11.8. The number of para-hydroxylation sites is 1. The van der Waals surface area contributed by atoms with Gasteiger partial charge >= 0.3 is 0 Å². The molecule has 19 heavy (non-hydrogen) atoms. The summed E-state index contributed by atoms with van der Waals surface area (Å²) >= 11 is 0. The van der Waals surface area contributed by atoms with Crippen molar-refractivity contribution in [2.45, 2.75) is 31.9 Å². The fraction of sp³-hybridized carbons (Fsp3) is 0.400. The summed E-state index contributed by atoms with van der Waals surface area (Å²) in [4.78, 5) is 16.6. The van der Waals surface area contributed by atoms with Crippen molar-refractivity contribution >= 4 is 16.8 Å². The van der Waals surface area contributed by atoms with Crippen LogP contribution in [0.2, 0.25) is 0 Å². The van der Waals surface area contributed by atoms with Crippen LogP contribution in [0, 0.1) is 0 Å². The molecule has 1 atom stereocenters. The number of carbonyl (C=O) groups excluding carboxylic acids is 1. The number of rotatable bonds is 3. The number of amides is 1. The van der Waals surface area contributed by atoms with Crippen molar-refractivity contribution in [2.24, 2.45) is 0 Å². The molecular weight excluding hydrogens is 240 g/mol. The Morgan fingerprint density at radius 2 is 2.21 bits per heavy atom. The first-order valence-corrected chi connectivity index (χ1v) is 6.66. The lowest BCUT2D eigenvalue weighted by atomic mass is 10.1. The normalized spacial score (nSPS) is 23.5. The molecule has 4 heteroatoms. The van der Waals surface area contributed by atoms with Crippen molar-refractivity contribution < 1.29 is 9.90 Å². The molecule has 2 aromatic rings. The van der Waals surface area contributed by atoms with Crippen LogP contribution in [-0.2, 0) is 11.2 Å². The number of likely N-dealkylation sites (tertiary alicyclic amines) is 1. The highest BCUT2D eigenvalue weighted by atomic mass is 16.3. The first-order valence-electron chi connectivity index (χ1n) is 6.66. The predicted octanol–water partition coefficient (Wildman–Crippen LogP) is 2.04. The lowest BCUT2D eigenvalue weighted by Gasteiger charge is -2.30. The standard InChI is InChI=1S/C15H18N2O2/c1-15(19)8-6-14(18)17(15)9-7-11-10-16-13-5-3-2-4-12(11)13/h2-5,10,16,19H,6-9H2,1H3. The molecule has 1 aromatic carbocycles. The van der Waals surface area contributed by atoms with Gasteiger partial charge in [0.1, 0.15) is 5.72 Å². The van der Waals surface area contributed by atoms with Crippen LogP contribution >= 0.6 is 0 Å². The number of nitrogens with zero attached hydrogens (tertiary/aromatic N) is 1. The van der Waals surface area contributed by atoms with Crippen molar-refractivity contribution in [3.05, 3.63) is 36.0 Å². The van der Waals surface area contributed by atoms with Crippen molar-refractivity contribution in [2.75, 3.05) is 6.54 Å². The second kappa shape index (κ2) is 4.38. The van der Waals surface area contributed by atoms with E-state index in [1.54, 1.807) is 11.8 Å². The van der Waals surface area contributed by atoms with Crippen LogP contribution in [0.4, 0.5) is 0 Å². The van der Waals surface area contributed by atoms with Gasteiger partial charge in [0.25, 0.3) is 0 Å². The number of aromatic nitrogens is 1. The van der Waals surface area contributed by atoms with Gasteiger partial charge in [-0.3, -0.25) is 4.79 Å². The molecule has 1 amide bonds. The van der Waals surface area contributed by atoms with Gasteiger partial charge in [-0.2, -0.15) is 0 Å². The molecule has 0 bridgehead atoms. The highest BCUT2D eigenvalue weighted by Gasteiger charge is 2.39. The van der Waals surface area contributed by atoms with Gasteiger partial charge in [-0.05, 0) is 25.0 Å². The van der Waals surface area contributed by atoms with Gasteiger partial charge in [-0.25, -0.2) is 0 Å². The van der Waals surface area contributed by atoms with Gasteiger partial charge in [0, 0.05) is 36.5 Å². The maximum Gasteiger partial charge on any atom is 0.224 e. The van der Waals surface area contributed by atoms with E-state index in [0.717, 1.165) is 11.9 Å². The number of nitrogens with one attached hydrogen (secondary N) is 1. The summed E-state index contributed by atoms with van der Waals surface area (Å²) in [5.74, 6) is 0.0461. The summed E-state index contributed by atoms with van der Waals surface area (Å²) in [7, 11) is 0. The topological polar surface area (TPSA) is 56.3 Å². The highest BCUT2D eigenvalue weighted by molar-refractivity contribution is 5.83. The van der Waals surface area contributed by atoms with E-state index in [-0.39, 0.29) is 5.91 Å². The Morgan fingerprint density at radius 3 is 2.95 bits per heavy atom. The molecule has 2 N–H and O–H groups in total. The van der Waals surface area contributed by atoms with E-state index in [1.165, 1.54) is 10.9 Å². The molecule has 4 nitrogen and oxygen atoms in total. The van der Waals surface area contributed by atoms with Crippen LogP contribution < -0.4 is 0 Å². The zero-order chi connectivity index (χ0) is 13.5. The summed E-state index contributed by atoms with van der Waals surface area (Å²) < 4.78 is 0. The number of H-pyrrole nitrogens is 1. The van der Waals surface area contributed by atoms with E-state index in [1.807, 2.05) is 24.4 Å². The van der Waals surface area contributed by atoms with E-state index in [4.69, 9.17) is 0 Å². The smallest absolute Gasteiger partial charge is 0.224 e. The SMILES string of the molecule is CC1(O)CCC(=O)N1CCc1c[nH]c2ccccc12. The van der Waals surface area contributed by atoms with E-state index < -0.39 is 5.72 Å². The Morgan fingerprint density at radius 1 is 1.42 bits per heavy atom. The highest BCUT2D eigenvalue weighted by Crippen LogP contribution is 2.28. The lowest BCUT2D eigenvalue weighted by Crippen LogP contribution is -2.44. The summed E-state index contributed by atoms with van der Waals surface area (Å²) in [6.07, 6.45) is 3.71. The maximum atomic E-state index is 11.8. The average Bonchev–Trinajstić information content (AvgIpc) is 2.90. The van der Waals surface area contributed by atoms with Gasteiger partial charge in [-0.15, -0.1) is 0 Å². The van der Waals surface area contributed by atoms with Crippen LogP contribution in [0.15, 0.2) is 30.5 Å². The molecule has 1 aliphatic rings. The Kier molecular flexibility index (Phi) is 2.82. The molecule has 1 unspecified atom stereocenters. The number of benzene rings is 1. The molecule has 1 aromatic heterocycles. The Hall–Kier alpha value is -1.81. The number of fused-ring (bicyclic) bond motifs is 1. The molecule has 1 aliphatic heterocycles. The number of hydrogen-bond acceptors (Lipinski definition) is 2. The summed E-state index contributed by atoms with van der Waals surface area (Å²) in [5, 5.41) is 11.4. The molecule has 0 aliphatic carbocycles. The third kappa shape index (κ3) is 2.12. The quantitative estimate of drug-likeness (QED) is 0.885.